The molecule has 4 fully saturated rings. The van der Waals surface area contributed by atoms with Gasteiger partial charge in [0.15, 0.2) is 0 Å². The van der Waals surface area contributed by atoms with E-state index in [4.69, 9.17) is 16.6 Å². The van der Waals surface area contributed by atoms with Crippen LogP contribution in [0.4, 0.5) is 0 Å². The lowest BCUT2D eigenvalue weighted by molar-refractivity contribution is -0.120. The number of fused-ring (bicyclic) bond motifs is 2. The summed E-state index contributed by atoms with van der Waals surface area (Å²) in [6, 6.07) is 4.82. The van der Waals surface area contributed by atoms with Crippen LogP contribution in [0, 0.1) is 18.8 Å². The number of halogens is 1. The van der Waals surface area contributed by atoms with Crippen LogP contribution in [0.25, 0.3) is 0 Å². The van der Waals surface area contributed by atoms with Crippen LogP contribution < -0.4 is 5.32 Å². The molecular weight excluding hydrogens is 476 g/mol. The van der Waals surface area contributed by atoms with Crippen LogP contribution in [0.5, 0.6) is 0 Å². The van der Waals surface area contributed by atoms with Crippen LogP contribution in [0.15, 0.2) is 12.1 Å². The molecule has 2 saturated heterocycles. The highest BCUT2D eigenvalue weighted by molar-refractivity contribution is 7.16. The van der Waals surface area contributed by atoms with Gasteiger partial charge in [0.2, 0.25) is 5.91 Å². The van der Waals surface area contributed by atoms with Crippen LogP contribution in [0.3, 0.4) is 0 Å². The number of aromatic nitrogens is 2. The fourth-order valence-corrected chi connectivity index (χ4v) is 9.39. The van der Waals surface area contributed by atoms with Crippen LogP contribution in [-0.4, -0.2) is 38.5 Å². The average Bonchev–Trinajstić information content (AvgIpc) is 3.57. The molecule has 7 rings (SSSR count). The van der Waals surface area contributed by atoms with Crippen molar-refractivity contribution in [3.05, 3.63) is 38.6 Å². The van der Waals surface area contributed by atoms with E-state index in [0.29, 0.717) is 5.54 Å². The predicted molar refractivity (Wildman–Crippen MR) is 142 cm³/mol. The Hall–Kier alpha value is -1.37. The molecule has 4 heterocycles. The Bertz CT molecular complexity index is 1090. The van der Waals surface area contributed by atoms with Crippen LogP contribution in [0.1, 0.15) is 92.8 Å². The van der Waals surface area contributed by atoms with E-state index in [2.05, 4.69) is 27.8 Å². The first-order chi connectivity index (χ1) is 16.9. The van der Waals surface area contributed by atoms with Gasteiger partial charge in [0.1, 0.15) is 5.82 Å². The van der Waals surface area contributed by atoms with Gasteiger partial charge >= 0.3 is 0 Å². The topological polar surface area (TPSA) is 50.2 Å². The fraction of sp³-hybridized carbons (Fsp3) is 0.714. The Kier molecular flexibility index (Phi) is 6.51. The molecule has 5 atom stereocenters. The van der Waals surface area contributed by atoms with Crippen LogP contribution in [-0.2, 0) is 24.2 Å². The first-order valence-corrected chi connectivity index (χ1v) is 15.0. The molecule has 5 nitrogen and oxygen atoms in total. The second-order valence-corrected chi connectivity index (χ2v) is 13.3. The number of carbonyl (C=O) groups excluding carboxylic acids is 1. The summed E-state index contributed by atoms with van der Waals surface area (Å²) in [5.41, 5.74) is 3.35. The largest absolute Gasteiger partial charge is 0.349 e. The highest BCUT2D eigenvalue weighted by atomic mass is 35.5. The summed E-state index contributed by atoms with van der Waals surface area (Å²) in [6.45, 7) is 6.07. The number of amides is 1. The fourth-order valence-electron chi connectivity index (χ4n) is 8.24. The van der Waals surface area contributed by atoms with E-state index < -0.39 is 0 Å². The van der Waals surface area contributed by atoms with Crippen molar-refractivity contribution in [2.24, 2.45) is 11.8 Å². The number of nitrogens with one attached hydrogen (secondary N) is 1. The summed E-state index contributed by atoms with van der Waals surface area (Å²) < 4.78 is 3.40. The monoisotopic (exact) mass is 514 g/mol. The second kappa shape index (κ2) is 9.50. The lowest BCUT2D eigenvalue weighted by Gasteiger charge is -2.55. The highest BCUT2D eigenvalue weighted by Gasteiger charge is 2.67. The Morgan fingerprint density at radius 2 is 2.11 bits per heavy atom. The van der Waals surface area contributed by atoms with Gasteiger partial charge in [-0.15, -0.1) is 11.3 Å². The van der Waals surface area contributed by atoms with Crippen LogP contribution in [0.2, 0.25) is 4.34 Å². The third-order valence-electron chi connectivity index (χ3n) is 9.57. The molecule has 5 aliphatic rings. The maximum atomic E-state index is 11.9. The van der Waals surface area contributed by atoms with E-state index in [1.165, 1.54) is 80.6 Å². The molecule has 35 heavy (non-hydrogen) atoms. The zero-order chi connectivity index (χ0) is 24.2. The minimum atomic E-state index is 0.0358. The lowest BCUT2D eigenvalue weighted by atomic mass is 9.77. The quantitative estimate of drug-likeness (QED) is 0.487. The molecule has 2 aliphatic heterocycles. The van der Waals surface area contributed by atoms with Crippen molar-refractivity contribution in [1.82, 2.24) is 19.8 Å². The molecule has 3 aliphatic carbocycles. The minimum absolute atomic E-state index is 0.0358. The van der Waals surface area contributed by atoms with E-state index in [-0.39, 0.29) is 11.9 Å². The van der Waals surface area contributed by atoms with E-state index in [0.717, 1.165) is 41.7 Å². The van der Waals surface area contributed by atoms with Gasteiger partial charge in [-0.3, -0.25) is 9.69 Å². The molecule has 2 saturated carbocycles. The number of imidazole rings is 1. The van der Waals surface area contributed by atoms with E-state index >= 15 is 0 Å². The zero-order valence-corrected chi connectivity index (χ0v) is 22.8. The molecule has 4 unspecified atom stereocenters. The number of nitrogens with zero attached hydrogens (tertiary/aromatic N) is 3. The first-order valence-electron chi connectivity index (χ1n) is 13.8. The Morgan fingerprint density at radius 3 is 2.89 bits per heavy atom. The van der Waals surface area contributed by atoms with Gasteiger partial charge in [-0.05, 0) is 88.7 Å². The van der Waals surface area contributed by atoms with Crippen molar-refractivity contribution in [3.8, 4) is 0 Å². The molecule has 2 aromatic rings. The smallest absolute Gasteiger partial charge is 0.217 e. The van der Waals surface area contributed by atoms with Gasteiger partial charge in [0.05, 0.1) is 16.1 Å². The minimum Gasteiger partial charge on any atom is -0.349 e. The normalized spacial score (nSPS) is 30.8. The van der Waals surface area contributed by atoms with E-state index in [9.17, 15) is 4.79 Å². The Morgan fingerprint density at radius 1 is 1.29 bits per heavy atom. The van der Waals surface area contributed by atoms with Gasteiger partial charge < -0.3 is 9.88 Å². The van der Waals surface area contributed by atoms with Crippen molar-refractivity contribution < 1.29 is 4.79 Å². The molecule has 1 spiro atoms. The summed E-state index contributed by atoms with van der Waals surface area (Å²) in [4.78, 5) is 20.9. The van der Waals surface area contributed by atoms with Crippen molar-refractivity contribution >= 4 is 28.8 Å². The van der Waals surface area contributed by atoms with Crippen molar-refractivity contribution in [2.75, 3.05) is 6.54 Å². The van der Waals surface area contributed by atoms with Gasteiger partial charge in [-0.25, -0.2) is 4.98 Å². The maximum Gasteiger partial charge on any atom is 0.217 e. The molecule has 190 valence electrons. The summed E-state index contributed by atoms with van der Waals surface area (Å²) >= 11 is 7.80. The van der Waals surface area contributed by atoms with Gasteiger partial charge in [0.25, 0.3) is 0 Å². The number of hydrogen-bond donors (Lipinski definition) is 1. The molecule has 1 amide bonds. The van der Waals surface area contributed by atoms with E-state index in [1.54, 1.807) is 24.0 Å². The number of hydrogen-bond acceptors (Lipinski definition) is 4. The summed E-state index contributed by atoms with van der Waals surface area (Å²) in [5, 5.41) is 3.18. The molecule has 2 bridgehead atoms. The lowest BCUT2D eigenvalue weighted by Crippen LogP contribution is -2.64. The molecule has 7 heteroatoms. The maximum absolute atomic E-state index is 11.9. The number of carbonyl (C=O) groups is 1. The molecule has 2 aromatic heterocycles. The van der Waals surface area contributed by atoms with Crippen molar-refractivity contribution in [3.63, 3.8) is 0 Å². The average molecular weight is 515 g/mol. The molecule has 0 aromatic carbocycles. The summed E-state index contributed by atoms with van der Waals surface area (Å²) in [5.74, 6) is 2.91. The van der Waals surface area contributed by atoms with Crippen molar-refractivity contribution in [2.45, 2.75) is 109 Å². The molecule has 1 N–H and O–H groups in total. The molecular formula is C28H39ClN4OS. The number of thiophene rings is 1. The Labute approximate surface area is 218 Å². The van der Waals surface area contributed by atoms with Crippen LogP contribution >= 0.6 is 22.9 Å². The predicted octanol–water partition coefficient (Wildman–Crippen LogP) is 6.08. The highest BCUT2D eigenvalue weighted by Crippen LogP contribution is 2.64. The molecule has 0 radical (unpaired) electrons. The SMILES string of the molecule is CC(=O)N[C@@H](CCN1C2CCC13CC(Cn1c(C)nc4c1CCCCCC4)CC23)c1ccc(Cl)s1. The standard InChI is InChI=1S/C28H39ClN4OS/c1-18-30-22-7-5-3-4-6-8-25(22)32(18)17-20-15-21-24-11-13-28(21,16-20)33(24)14-12-23(31-19(2)34)26-9-10-27(29)35-26/h9-10,20-21,23-24H,3-8,11-17H2,1-2H3,(H,31,34)/t20?,21?,23-,24?,28?/m0/s1. The second-order valence-electron chi connectivity index (χ2n) is 11.6. The van der Waals surface area contributed by atoms with Gasteiger partial charge in [-0.2, -0.15) is 0 Å². The number of aryl methyl sites for hydroxylation is 2. The third-order valence-corrected chi connectivity index (χ3v) is 10.9. The van der Waals surface area contributed by atoms with Crippen molar-refractivity contribution in [1.29, 1.82) is 0 Å². The number of rotatable bonds is 7. The Balaban J connectivity index is 1.13. The zero-order valence-electron chi connectivity index (χ0n) is 21.2. The summed E-state index contributed by atoms with van der Waals surface area (Å²) in [7, 11) is 0. The first kappa shape index (κ1) is 24.0. The summed E-state index contributed by atoms with van der Waals surface area (Å²) in [6.07, 6.45) is 14.1. The van der Waals surface area contributed by atoms with Gasteiger partial charge in [-0.1, -0.05) is 24.4 Å². The van der Waals surface area contributed by atoms with Gasteiger partial charge in [0, 0.05) is 42.2 Å². The third kappa shape index (κ3) is 4.27. The van der Waals surface area contributed by atoms with E-state index in [1.807, 2.05) is 6.07 Å².